The van der Waals surface area contributed by atoms with E-state index in [1.807, 2.05) is 0 Å². The number of nitrogens with zero attached hydrogens (tertiary/aromatic N) is 1. The summed E-state index contributed by atoms with van der Waals surface area (Å²) in [6.45, 7) is 2.25. The zero-order chi connectivity index (χ0) is 12.3. The highest BCUT2D eigenvalue weighted by Crippen LogP contribution is 2.35. The molecule has 1 fully saturated rings. The lowest BCUT2D eigenvalue weighted by molar-refractivity contribution is 0.302. The Morgan fingerprint density at radius 1 is 1.41 bits per heavy atom. The summed E-state index contributed by atoms with van der Waals surface area (Å²) in [7, 11) is 0. The minimum absolute atomic E-state index is 0.0642. The molecule has 0 atom stereocenters. The molecule has 0 radical (unpaired) electrons. The first-order valence-corrected chi connectivity index (χ1v) is 7.24. The monoisotopic (exact) mass is 298 g/mol. The van der Waals surface area contributed by atoms with E-state index in [1.165, 1.54) is 25.7 Å². The van der Waals surface area contributed by atoms with Gasteiger partial charge in [0.1, 0.15) is 10.3 Å². The summed E-state index contributed by atoms with van der Waals surface area (Å²) in [5.74, 6) is 2.20. The van der Waals surface area contributed by atoms with Gasteiger partial charge in [0.25, 0.3) is 5.56 Å². The van der Waals surface area contributed by atoms with Gasteiger partial charge in [0.05, 0.1) is 0 Å². The number of hydrogen-bond acceptors (Lipinski definition) is 2. The molecular weight excluding hydrogens is 280 g/mol. The summed E-state index contributed by atoms with van der Waals surface area (Å²) in [5, 5.41) is 0. The quantitative estimate of drug-likeness (QED) is 0.926. The van der Waals surface area contributed by atoms with Crippen LogP contribution in [0.5, 0.6) is 0 Å². The average molecular weight is 299 g/mol. The Morgan fingerprint density at radius 3 is 2.71 bits per heavy atom. The molecule has 0 amide bonds. The van der Waals surface area contributed by atoms with Gasteiger partial charge in [0.2, 0.25) is 0 Å². The lowest BCUT2D eigenvalue weighted by Crippen LogP contribution is -2.19. The van der Waals surface area contributed by atoms with E-state index in [1.54, 1.807) is 6.20 Å². The first-order valence-electron chi connectivity index (χ1n) is 6.45. The third-order valence-corrected chi connectivity index (χ3v) is 4.27. The third kappa shape index (κ3) is 3.18. The Morgan fingerprint density at radius 2 is 2.12 bits per heavy atom. The van der Waals surface area contributed by atoms with Crippen molar-refractivity contribution >= 4 is 15.9 Å². The standard InChI is InChI=1S/C13H19BrN2O/c1-2-3-9-4-6-10(7-5-9)12-15-8-11(14)13(17)16-12/h8-10H,2-7H2,1H3,(H,15,16,17). The van der Waals surface area contributed by atoms with E-state index in [9.17, 15) is 4.79 Å². The topological polar surface area (TPSA) is 45.8 Å². The van der Waals surface area contributed by atoms with Crippen molar-refractivity contribution in [2.75, 3.05) is 0 Å². The zero-order valence-corrected chi connectivity index (χ0v) is 11.8. The Kier molecular flexibility index (Phi) is 4.37. The molecule has 4 heteroatoms. The number of aromatic nitrogens is 2. The molecule has 1 heterocycles. The summed E-state index contributed by atoms with van der Waals surface area (Å²) in [5.41, 5.74) is -0.0642. The molecule has 0 saturated heterocycles. The largest absolute Gasteiger partial charge is 0.309 e. The predicted octanol–water partition coefficient (Wildman–Crippen LogP) is 3.61. The second-order valence-corrected chi connectivity index (χ2v) is 5.81. The maximum atomic E-state index is 11.5. The average Bonchev–Trinajstić information content (AvgIpc) is 2.34. The SMILES string of the molecule is CCCC1CCC(c2ncc(Br)c(=O)[nH]2)CC1. The Hall–Kier alpha value is -0.640. The minimum atomic E-state index is -0.0642. The van der Waals surface area contributed by atoms with Gasteiger partial charge >= 0.3 is 0 Å². The van der Waals surface area contributed by atoms with Crippen LogP contribution < -0.4 is 5.56 Å². The van der Waals surface area contributed by atoms with Gasteiger partial charge in [-0.05, 0) is 47.5 Å². The molecule has 2 rings (SSSR count). The molecule has 1 aromatic heterocycles. The lowest BCUT2D eigenvalue weighted by Gasteiger charge is -2.27. The molecule has 1 saturated carbocycles. The molecule has 94 valence electrons. The number of halogens is 1. The van der Waals surface area contributed by atoms with E-state index in [0.717, 1.165) is 24.6 Å². The van der Waals surface area contributed by atoms with Gasteiger partial charge in [-0.15, -0.1) is 0 Å². The first-order chi connectivity index (χ1) is 8.20. The van der Waals surface area contributed by atoms with E-state index in [0.29, 0.717) is 10.4 Å². The predicted molar refractivity (Wildman–Crippen MR) is 72.2 cm³/mol. The molecule has 17 heavy (non-hydrogen) atoms. The van der Waals surface area contributed by atoms with Gasteiger partial charge in [-0.3, -0.25) is 4.79 Å². The van der Waals surface area contributed by atoms with Crippen LogP contribution in [0.25, 0.3) is 0 Å². The highest BCUT2D eigenvalue weighted by Gasteiger charge is 2.23. The lowest BCUT2D eigenvalue weighted by atomic mass is 9.80. The molecule has 1 N–H and O–H groups in total. The van der Waals surface area contributed by atoms with E-state index in [4.69, 9.17) is 0 Å². The third-order valence-electron chi connectivity index (χ3n) is 3.71. The molecule has 0 unspecified atom stereocenters. The van der Waals surface area contributed by atoms with Gasteiger partial charge in [-0.2, -0.15) is 0 Å². The van der Waals surface area contributed by atoms with Crippen molar-refractivity contribution in [3.8, 4) is 0 Å². The van der Waals surface area contributed by atoms with Crippen LogP contribution in [0.1, 0.15) is 57.2 Å². The molecule has 0 aromatic carbocycles. The Bertz CT molecular complexity index is 422. The van der Waals surface area contributed by atoms with Crippen molar-refractivity contribution in [1.82, 2.24) is 9.97 Å². The fourth-order valence-corrected chi connectivity index (χ4v) is 2.93. The first kappa shape index (κ1) is 12.8. The maximum Gasteiger partial charge on any atom is 0.265 e. The van der Waals surface area contributed by atoms with Crippen LogP contribution in [0.4, 0.5) is 0 Å². The van der Waals surface area contributed by atoms with Crippen LogP contribution in [-0.4, -0.2) is 9.97 Å². The Labute approximate surface area is 110 Å². The molecule has 1 aromatic rings. The smallest absolute Gasteiger partial charge is 0.265 e. The summed E-state index contributed by atoms with van der Waals surface area (Å²) < 4.78 is 0.515. The van der Waals surface area contributed by atoms with Crippen LogP contribution in [-0.2, 0) is 0 Å². The fraction of sp³-hybridized carbons (Fsp3) is 0.692. The van der Waals surface area contributed by atoms with Crippen molar-refractivity contribution in [3.05, 3.63) is 26.8 Å². The number of hydrogen-bond donors (Lipinski definition) is 1. The van der Waals surface area contributed by atoms with Gasteiger partial charge < -0.3 is 4.98 Å². The number of nitrogens with one attached hydrogen (secondary N) is 1. The molecule has 1 aliphatic carbocycles. The molecule has 3 nitrogen and oxygen atoms in total. The molecule has 0 aliphatic heterocycles. The minimum Gasteiger partial charge on any atom is -0.309 e. The van der Waals surface area contributed by atoms with Crippen LogP contribution in [0.15, 0.2) is 15.5 Å². The van der Waals surface area contributed by atoms with Gasteiger partial charge in [0.15, 0.2) is 0 Å². The highest BCUT2D eigenvalue weighted by atomic mass is 79.9. The molecule has 0 spiro atoms. The van der Waals surface area contributed by atoms with Crippen molar-refractivity contribution in [2.24, 2.45) is 5.92 Å². The maximum absolute atomic E-state index is 11.5. The van der Waals surface area contributed by atoms with Crippen LogP contribution in [0.2, 0.25) is 0 Å². The normalized spacial score (nSPS) is 24.8. The van der Waals surface area contributed by atoms with E-state index < -0.39 is 0 Å². The highest BCUT2D eigenvalue weighted by molar-refractivity contribution is 9.10. The van der Waals surface area contributed by atoms with Crippen molar-refractivity contribution < 1.29 is 0 Å². The van der Waals surface area contributed by atoms with E-state index >= 15 is 0 Å². The van der Waals surface area contributed by atoms with E-state index in [2.05, 4.69) is 32.8 Å². The van der Waals surface area contributed by atoms with E-state index in [-0.39, 0.29) is 5.56 Å². The fourth-order valence-electron chi connectivity index (χ4n) is 2.73. The van der Waals surface area contributed by atoms with Crippen LogP contribution in [0, 0.1) is 5.92 Å². The number of rotatable bonds is 3. The second-order valence-electron chi connectivity index (χ2n) is 4.95. The van der Waals surface area contributed by atoms with Crippen LogP contribution >= 0.6 is 15.9 Å². The van der Waals surface area contributed by atoms with Crippen LogP contribution in [0.3, 0.4) is 0 Å². The number of aromatic amines is 1. The Balaban J connectivity index is 2.00. The summed E-state index contributed by atoms with van der Waals surface area (Å²) in [6, 6.07) is 0. The summed E-state index contributed by atoms with van der Waals surface area (Å²) in [6.07, 6.45) is 9.12. The molecule has 0 bridgehead atoms. The van der Waals surface area contributed by atoms with Gasteiger partial charge in [-0.1, -0.05) is 19.8 Å². The molecular formula is C13H19BrN2O. The van der Waals surface area contributed by atoms with Gasteiger partial charge in [-0.25, -0.2) is 4.98 Å². The van der Waals surface area contributed by atoms with Gasteiger partial charge in [0, 0.05) is 12.1 Å². The van der Waals surface area contributed by atoms with Crippen molar-refractivity contribution in [2.45, 2.75) is 51.4 Å². The van der Waals surface area contributed by atoms with Crippen molar-refractivity contribution in [3.63, 3.8) is 0 Å². The second kappa shape index (κ2) is 5.80. The molecule has 1 aliphatic rings. The summed E-state index contributed by atoms with van der Waals surface area (Å²) >= 11 is 3.18. The number of H-pyrrole nitrogens is 1. The van der Waals surface area contributed by atoms with Crippen molar-refractivity contribution in [1.29, 1.82) is 0 Å². The zero-order valence-electron chi connectivity index (χ0n) is 10.2. The summed E-state index contributed by atoms with van der Waals surface area (Å²) in [4.78, 5) is 18.7.